The van der Waals surface area contributed by atoms with E-state index in [0.29, 0.717) is 6.42 Å². The molecule has 1 saturated heterocycles. The predicted molar refractivity (Wildman–Crippen MR) is 118 cm³/mol. The summed E-state index contributed by atoms with van der Waals surface area (Å²) in [7, 11) is 0. The van der Waals surface area contributed by atoms with E-state index in [-0.39, 0.29) is 24.3 Å². The van der Waals surface area contributed by atoms with Crippen molar-refractivity contribution in [1.29, 1.82) is 0 Å². The van der Waals surface area contributed by atoms with Crippen molar-refractivity contribution in [2.45, 2.75) is 45.1 Å². The van der Waals surface area contributed by atoms with Gasteiger partial charge in [0.2, 0.25) is 5.91 Å². The number of unbranched alkanes of at least 4 members (excludes halogenated alkanes) is 1. The lowest BCUT2D eigenvalue weighted by atomic mass is 9.84. The van der Waals surface area contributed by atoms with Crippen LogP contribution in [0.15, 0.2) is 78.5 Å². The summed E-state index contributed by atoms with van der Waals surface area (Å²) < 4.78 is 5.41. The van der Waals surface area contributed by atoms with Gasteiger partial charge in [0.05, 0.1) is 12.0 Å². The van der Waals surface area contributed by atoms with Gasteiger partial charge in [0.25, 0.3) is 0 Å². The Kier molecular flexibility index (Phi) is 7.64. The molecule has 2 aromatic carbocycles. The number of benzene rings is 2. The largest absolute Gasteiger partial charge is 0.447 e. The van der Waals surface area contributed by atoms with E-state index in [9.17, 15) is 9.59 Å². The first-order chi connectivity index (χ1) is 14.7. The smallest absolute Gasteiger partial charge is 0.417 e. The Bertz CT molecular complexity index is 861. The second-order valence-electron chi connectivity index (χ2n) is 7.52. The summed E-state index contributed by atoms with van der Waals surface area (Å²) in [5.74, 6) is -0.746. The average molecular weight is 404 g/mol. The van der Waals surface area contributed by atoms with Crippen molar-refractivity contribution in [1.82, 2.24) is 4.90 Å². The normalized spacial score (nSPS) is 16.7. The first-order valence-corrected chi connectivity index (χ1v) is 10.6. The second kappa shape index (κ2) is 10.6. The molecule has 4 nitrogen and oxygen atoms in total. The lowest BCUT2D eigenvalue weighted by Crippen LogP contribution is -2.45. The minimum Gasteiger partial charge on any atom is -0.447 e. The summed E-state index contributed by atoms with van der Waals surface area (Å²) in [6.07, 6.45) is 5.58. The summed E-state index contributed by atoms with van der Waals surface area (Å²) in [6, 6.07) is 19.6. The molecule has 1 heterocycles. The molecule has 0 N–H and O–H groups in total. The number of cyclic esters (lactones) is 1. The molecule has 0 aliphatic carbocycles. The summed E-state index contributed by atoms with van der Waals surface area (Å²) in [5.41, 5.74) is 5.14. The Morgan fingerprint density at radius 3 is 2.27 bits per heavy atom. The molecule has 30 heavy (non-hydrogen) atoms. The Morgan fingerprint density at radius 1 is 1.13 bits per heavy atom. The van der Waals surface area contributed by atoms with Crippen molar-refractivity contribution < 1.29 is 14.3 Å². The molecular weight excluding hydrogens is 374 g/mol. The molecule has 0 bridgehead atoms. The molecule has 3 rings (SSSR count). The van der Waals surface area contributed by atoms with Gasteiger partial charge in [-0.1, -0.05) is 80.4 Å². The molecule has 0 unspecified atom stereocenters. The number of rotatable bonds is 8. The molecule has 2 aromatic rings. The van der Waals surface area contributed by atoms with Crippen LogP contribution in [-0.4, -0.2) is 29.5 Å². The van der Waals surface area contributed by atoms with Gasteiger partial charge in [-0.25, -0.2) is 9.69 Å². The molecule has 1 aliphatic rings. The van der Waals surface area contributed by atoms with E-state index in [1.807, 2.05) is 67.6 Å². The van der Waals surface area contributed by atoms with Crippen LogP contribution in [0.2, 0.25) is 0 Å². The zero-order chi connectivity index (χ0) is 21.3. The minimum absolute atomic E-state index is 0.152. The summed E-state index contributed by atoms with van der Waals surface area (Å²) >= 11 is 0. The number of carbonyl (C=O) groups is 2. The van der Waals surface area contributed by atoms with Gasteiger partial charge in [-0.15, -0.1) is 5.73 Å². The van der Waals surface area contributed by atoms with Crippen LogP contribution in [0.5, 0.6) is 0 Å². The third-order valence-electron chi connectivity index (χ3n) is 5.50. The number of hydrogen-bond acceptors (Lipinski definition) is 3. The average Bonchev–Trinajstić information content (AvgIpc) is 3.16. The van der Waals surface area contributed by atoms with Crippen LogP contribution < -0.4 is 0 Å². The third kappa shape index (κ3) is 4.90. The molecule has 0 aromatic heterocycles. The van der Waals surface area contributed by atoms with Crippen molar-refractivity contribution in [2.24, 2.45) is 5.92 Å². The van der Waals surface area contributed by atoms with E-state index >= 15 is 0 Å². The van der Waals surface area contributed by atoms with Gasteiger partial charge in [-0.2, -0.15) is 0 Å². The maximum absolute atomic E-state index is 13.5. The molecule has 156 valence electrons. The fourth-order valence-corrected chi connectivity index (χ4v) is 3.99. The molecule has 0 spiro atoms. The van der Waals surface area contributed by atoms with Gasteiger partial charge in [-0.3, -0.25) is 4.79 Å². The Labute approximate surface area is 178 Å². The van der Waals surface area contributed by atoms with Crippen LogP contribution in [0.4, 0.5) is 4.79 Å². The van der Waals surface area contributed by atoms with Gasteiger partial charge >= 0.3 is 6.09 Å². The topological polar surface area (TPSA) is 46.6 Å². The Morgan fingerprint density at radius 2 is 1.73 bits per heavy atom. The lowest BCUT2D eigenvalue weighted by molar-refractivity contribution is -0.132. The van der Waals surface area contributed by atoms with Crippen LogP contribution in [0.25, 0.3) is 0 Å². The first-order valence-electron chi connectivity index (χ1n) is 10.6. The van der Waals surface area contributed by atoms with Gasteiger partial charge in [-0.05, 0) is 36.6 Å². The van der Waals surface area contributed by atoms with E-state index in [4.69, 9.17) is 4.74 Å². The third-order valence-corrected chi connectivity index (χ3v) is 5.50. The standard InChI is InChI=1S/C26H29NO3/c1-3-5-13-22(14-6-4-2)25(28)27-23(19-30-26(27)29)24(20-15-9-7-10-16-20)21-17-11-8-12-18-21/h3,7-13,15-18,22-24H,4,6,14,19H2,1-2H3/t5?,22-,23+/m1/s1. The maximum atomic E-state index is 13.5. The number of imide groups is 1. The monoisotopic (exact) mass is 403 g/mol. The fourth-order valence-electron chi connectivity index (χ4n) is 3.99. The highest BCUT2D eigenvalue weighted by molar-refractivity contribution is 5.95. The zero-order valence-corrected chi connectivity index (χ0v) is 17.7. The molecule has 0 saturated carbocycles. The Hall–Kier alpha value is -3.10. The van der Waals surface area contributed by atoms with Crippen LogP contribution in [0.1, 0.15) is 50.2 Å². The highest BCUT2D eigenvalue weighted by atomic mass is 16.6. The molecule has 0 radical (unpaired) electrons. The van der Waals surface area contributed by atoms with Crippen molar-refractivity contribution in [3.8, 4) is 0 Å². The zero-order valence-electron chi connectivity index (χ0n) is 17.7. The first kappa shape index (κ1) is 21.6. The minimum atomic E-state index is -0.558. The van der Waals surface area contributed by atoms with E-state index in [1.54, 1.807) is 12.2 Å². The van der Waals surface area contributed by atoms with E-state index in [2.05, 4.69) is 12.7 Å². The summed E-state index contributed by atoms with van der Waals surface area (Å²) in [5, 5.41) is 0. The number of amides is 2. The molecule has 1 aliphatic heterocycles. The van der Waals surface area contributed by atoms with Crippen molar-refractivity contribution >= 4 is 12.0 Å². The van der Waals surface area contributed by atoms with Crippen LogP contribution in [0, 0.1) is 5.92 Å². The van der Waals surface area contributed by atoms with Crippen molar-refractivity contribution in [3.63, 3.8) is 0 Å². The highest BCUT2D eigenvalue weighted by Gasteiger charge is 2.44. The fraction of sp³-hybridized carbons (Fsp3) is 0.346. The summed E-state index contributed by atoms with van der Waals surface area (Å²) in [6.45, 7) is 4.15. The van der Waals surface area contributed by atoms with Crippen molar-refractivity contribution in [3.05, 3.63) is 89.7 Å². The van der Waals surface area contributed by atoms with Gasteiger partial charge in [0.1, 0.15) is 6.61 Å². The molecule has 2 atom stereocenters. The molecule has 2 amide bonds. The van der Waals surface area contributed by atoms with Crippen LogP contribution in [-0.2, 0) is 9.53 Å². The maximum Gasteiger partial charge on any atom is 0.417 e. The lowest BCUT2D eigenvalue weighted by Gasteiger charge is -2.30. The SMILES string of the molecule is CC=C=C[C@H](CCCC)C(=O)N1C(=O)OC[C@H]1C(c1ccccc1)c1ccccc1. The predicted octanol–water partition coefficient (Wildman–Crippen LogP) is 5.70. The number of carbonyl (C=O) groups excluding carboxylic acids is 2. The Balaban J connectivity index is 2.00. The van der Waals surface area contributed by atoms with Crippen LogP contribution >= 0.6 is 0 Å². The number of nitrogens with zero attached hydrogens (tertiary/aromatic N) is 1. The molecular formula is C26H29NO3. The van der Waals surface area contributed by atoms with Gasteiger partial charge in [0, 0.05) is 5.92 Å². The quantitative estimate of drug-likeness (QED) is 0.531. The molecule has 1 fully saturated rings. The van der Waals surface area contributed by atoms with E-state index in [1.165, 1.54) is 4.90 Å². The number of ether oxygens (including phenoxy) is 1. The van der Waals surface area contributed by atoms with E-state index < -0.39 is 12.1 Å². The van der Waals surface area contributed by atoms with Gasteiger partial charge < -0.3 is 4.74 Å². The highest BCUT2D eigenvalue weighted by Crippen LogP contribution is 2.35. The summed E-state index contributed by atoms with van der Waals surface area (Å²) in [4.78, 5) is 27.5. The van der Waals surface area contributed by atoms with E-state index in [0.717, 1.165) is 24.0 Å². The van der Waals surface area contributed by atoms with Crippen LogP contribution in [0.3, 0.4) is 0 Å². The van der Waals surface area contributed by atoms with Crippen molar-refractivity contribution in [2.75, 3.05) is 6.61 Å². The van der Waals surface area contributed by atoms with Gasteiger partial charge in [0.15, 0.2) is 0 Å². The molecule has 4 heteroatoms. The second-order valence-corrected chi connectivity index (χ2v) is 7.52. The number of hydrogen-bond donors (Lipinski definition) is 0.